The highest BCUT2D eigenvalue weighted by Crippen LogP contribution is 2.28. The van der Waals surface area contributed by atoms with Crippen molar-refractivity contribution in [2.45, 2.75) is 45.3 Å². The molecular formula is C27H29FN2O4. The highest BCUT2D eigenvalue weighted by molar-refractivity contribution is 5.70. The van der Waals surface area contributed by atoms with Gasteiger partial charge in [0.15, 0.2) is 0 Å². The van der Waals surface area contributed by atoms with Crippen molar-refractivity contribution in [2.75, 3.05) is 6.54 Å². The van der Waals surface area contributed by atoms with Gasteiger partial charge in [0.2, 0.25) is 0 Å². The molecule has 178 valence electrons. The minimum absolute atomic E-state index is 0.0173. The first-order chi connectivity index (χ1) is 16.3. The molecule has 1 amide bonds. The van der Waals surface area contributed by atoms with Gasteiger partial charge in [0.25, 0.3) is 0 Å². The summed E-state index contributed by atoms with van der Waals surface area (Å²) in [7, 11) is 0. The molecule has 2 aromatic carbocycles. The fourth-order valence-corrected chi connectivity index (χ4v) is 3.76. The summed E-state index contributed by atoms with van der Waals surface area (Å²) >= 11 is 0. The maximum Gasteiger partial charge on any atom is 0.410 e. The molecule has 2 unspecified atom stereocenters. The maximum absolute atomic E-state index is 12.3. The summed E-state index contributed by atoms with van der Waals surface area (Å²) in [5, 5.41) is 8.76. The molecule has 1 aromatic heterocycles. The van der Waals surface area contributed by atoms with Crippen LogP contribution in [0.5, 0.6) is 0 Å². The van der Waals surface area contributed by atoms with Crippen LogP contribution in [0.2, 0.25) is 0 Å². The number of hydrogen-bond donors (Lipinski definition) is 1. The molecule has 3 aromatic rings. The molecule has 0 radical (unpaired) electrons. The van der Waals surface area contributed by atoms with Gasteiger partial charge in [-0.05, 0) is 61.2 Å². The number of pyridine rings is 1. The molecule has 0 spiro atoms. The molecule has 1 saturated heterocycles. The zero-order valence-corrected chi connectivity index (χ0v) is 19.4. The molecule has 1 aliphatic rings. The van der Waals surface area contributed by atoms with Crippen LogP contribution in [0.4, 0.5) is 9.18 Å². The summed E-state index contributed by atoms with van der Waals surface area (Å²) in [6.07, 6.45) is 2.14. The minimum Gasteiger partial charge on any atom is -0.481 e. The number of carboxylic acid groups (broad SMARTS) is 1. The van der Waals surface area contributed by atoms with Gasteiger partial charge in [-0.3, -0.25) is 9.78 Å². The topological polar surface area (TPSA) is 79.7 Å². The Balaban J connectivity index is 0.000000396. The lowest BCUT2D eigenvalue weighted by atomic mass is 10.00. The van der Waals surface area contributed by atoms with Crippen LogP contribution in [0.3, 0.4) is 0 Å². The predicted octanol–water partition coefficient (Wildman–Crippen LogP) is 6.02. The molecule has 34 heavy (non-hydrogen) atoms. The third-order valence-electron chi connectivity index (χ3n) is 5.70. The van der Waals surface area contributed by atoms with Crippen molar-refractivity contribution in [3.05, 3.63) is 90.0 Å². The van der Waals surface area contributed by atoms with Crippen LogP contribution >= 0.6 is 0 Å². The van der Waals surface area contributed by atoms with Gasteiger partial charge in [0.05, 0.1) is 6.04 Å². The number of hydrogen-bond acceptors (Lipinski definition) is 4. The molecule has 2 atom stereocenters. The average Bonchev–Trinajstić information content (AvgIpc) is 2.83. The Morgan fingerprint density at radius 1 is 1.15 bits per heavy atom. The second-order valence-electron chi connectivity index (χ2n) is 8.20. The van der Waals surface area contributed by atoms with Crippen molar-refractivity contribution in [3.8, 4) is 11.1 Å². The van der Waals surface area contributed by atoms with Crippen molar-refractivity contribution in [1.29, 1.82) is 0 Å². The van der Waals surface area contributed by atoms with E-state index in [0.29, 0.717) is 19.4 Å². The van der Waals surface area contributed by atoms with Crippen LogP contribution in [0.1, 0.15) is 43.5 Å². The number of amides is 1. The molecule has 0 bridgehead atoms. The van der Waals surface area contributed by atoms with E-state index in [0.717, 1.165) is 22.4 Å². The van der Waals surface area contributed by atoms with Gasteiger partial charge in [0.1, 0.15) is 11.9 Å². The second-order valence-corrected chi connectivity index (χ2v) is 8.20. The fraction of sp³-hybridized carbons (Fsp3) is 0.296. The Morgan fingerprint density at radius 2 is 1.85 bits per heavy atom. The summed E-state index contributed by atoms with van der Waals surface area (Å²) < 4.78 is 17.3. The molecule has 7 heteroatoms. The number of aryl methyl sites for hydroxylation is 1. The molecular weight excluding hydrogens is 435 g/mol. The zero-order valence-electron chi connectivity index (χ0n) is 19.4. The van der Waals surface area contributed by atoms with Crippen molar-refractivity contribution in [3.63, 3.8) is 0 Å². The Kier molecular flexibility index (Phi) is 8.73. The normalized spacial score (nSPS) is 16.1. The third kappa shape index (κ3) is 7.13. The van der Waals surface area contributed by atoms with Crippen LogP contribution in [0.25, 0.3) is 11.1 Å². The quantitative estimate of drug-likeness (QED) is 0.483. The standard InChI is InChI=1S/C21H24N2O4.C6H5F/c1-14-13-18(9-11-22-14)17-5-3-16(4-6-17)15(2)23-12-10-19(27-21(23)26)7-8-20(24)25;7-6-4-2-1-3-5-6/h3-6,9,11,13,15,19H,7-8,10,12H2,1-2H3,(H,24,25);1-5H. The number of cyclic esters (lactones) is 1. The number of nitrogens with zero attached hydrogens (tertiary/aromatic N) is 2. The smallest absolute Gasteiger partial charge is 0.410 e. The summed E-state index contributed by atoms with van der Waals surface area (Å²) in [5.41, 5.74) is 4.22. The Hall–Kier alpha value is -3.74. The van der Waals surface area contributed by atoms with Crippen molar-refractivity contribution < 1.29 is 23.8 Å². The summed E-state index contributed by atoms with van der Waals surface area (Å²) in [6, 6.07) is 20.0. The van der Waals surface area contributed by atoms with E-state index in [9.17, 15) is 14.0 Å². The Labute approximate surface area is 199 Å². The van der Waals surface area contributed by atoms with Crippen LogP contribution < -0.4 is 0 Å². The molecule has 1 N–H and O–H groups in total. The summed E-state index contributed by atoms with van der Waals surface area (Å²) in [5.74, 6) is -1.05. The highest BCUT2D eigenvalue weighted by Gasteiger charge is 2.31. The van der Waals surface area contributed by atoms with Crippen LogP contribution in [0, 0.1) is 12.7 Å². The highest BCUT2D eigenvalue weighted by atomic mass is 19.1. The largest absolute Gasteiger partial charge is 0.481 e. The number of aliphatic carboxylic acids is 1. The number of carboxylic acids is 1. The van der Waals surface area contributed by atoms with Crippen LogP contribution in [-0.2, 0) is 9.53 Å². The molecule has 1 fully saturated rings. The van der Waals surface area contributed by atoms with Gasteiger partial charge in [-0.25, -0.2) is 9.18 Å². The average molecular weight is 465 g/mol. The lowest BCUT2D eigenvalue weighted by molar-refractivity contribution is -0.137. The number of ether oxygens (including phenoxy) is 1. The molecule has 4 rings (SSSR count). The van der Waals surface area contributed by atoms with E-state index in [1.54, 1.807) is 29.3 Å². The van der Waals surface area contributed by atoms with E-state index in [4.69, 9.17) is 9.84 Å². The lowest BCUT2D eigenvalue weighted by Crippen LogP contribution is -2.43. The van der Waals surface area contributed by atoms with E-state index in [1.165, 1.54) is 12.1 Å². The molecule has 0 saturated carbocycles. The number of carbonyl (C=O) groups is 2. The van der Waals surface area contributed by atoms with Gasteiger partial charge in [-0.1, -0.05) is 42.5 Å². The predicted molar refractivity (Wildman–Crippen MR) is 128 cm³/mol. The number of aromatic nitrogens is 1. The number of carbonyl (C=O) groups excluding carboxylic acids is 1. The zero-order chi connectivity index (χ0) is 24.5. The lowest BCUT2D eigenvalue weighted by Gasteiger charge is -2.35. The van der Waals surface area contributed by atoms with E-state index in [-0.39, 0.29) is 30.5 Å². The van der Waals surface area contributed by atoms with E-state index in [1.807, 2.05) is 50.2 Å². The van der Waals surface area contributed by atoms with Gasteiger partial charge in [0, 0.05) is 31.3 Å². The van der Waals surface area contributed by atoms with Crippen molar-refractivity contribution in [2.24, 2.45) is 0 Å². The van der Waals surface area contributed by atoms with Crippen molar-refractivity contribution >= 4 is 12.1 Å². The Bertz CT molecular complexity index is 1090. The van der Waals surface area contributed by atoms with Gasteiger partial charge >= 0.3 is 12.1 Å². The van der Waals surface area contributed by atoms with E-state index < -0.39 is 5.97 Å². The first kappa shape index (κ1) is 24.9. The van der Waals surface area contributed by atoms with Gasteiger partial charge < -0.3 is 14.7 Å². The van der Waals surface area contributed by atoms with E-state index in [2.05, 4.69) is 4.98 Å². The van der Waals surface area contributed by atoms with Gasteiger partial charge in [-0.2, -0.15) is 0 Å². The van der Waals surface area contributed by atoms with Gasteiger partial charge in [-0.15, -0.1) is 0 Å². The maximum atomic E-state index is 12.3. The van der Waals surface area contributed by atoms with Crippen molar-refractivity contribution in [1.82, 2.24) is 9.88 Å². The summed E-state index contributed by atoms with van der Waals surface area (Å²) in [6.45, 7) is 4.51. The van der Waals surface area contributed by atoms with E-state index >= 15 is 0 Å². The summed E-state index contributed by atoms with van der Waals surface area (Å²) in [4.78, 5) is 28.9. The number of rotatable bonds is 6. The first-order valence-corrected chi connectivity index (χ1v) is 11.3. The monoisotopic (exact) mass is 464 g/mol. The molecule has 1 aliphatic heterocycles. The number of halogens is 1. The molecule has 2 heterocycles. The SMILES string of the molecule is Cc1cc(-c2ccc(C(C)N3CCC(CCC(=O)O)OC3=O)cc2)ccn1.Fc1ccccc1. The molecule has 0 aliphatic carbocycles. The Morgan fingerprint density at radius 3 is 2.41 bits per heavy atom. The molecule has 6 nitrogen and oxygen atoms in total. The minimum atomic E-state index is -0.869. The van der Waals surface area contributed by atoms with Crippen LogP contribution in [0.15, 0.2) is 72.9 Å². The third-order valence-corrected chi connectivity index (χ3v) is 5.70. The first-order valence-electron chi connectivity index (χ1n) is 11.3. The fourth-order valence-electron chi connectivity index (χ4n) is 3.76. The van der Waals surface area contributed by atoms with Crippen LogP contribution in [-0.4, -0.2) is 39.7 Å². The second kappa shape index (κ2) is 11.9. The number of benzene rings is 2.